The monoisotopic (exact) mass is 498 g/mol. The van der Waals surface area contributed by atoms with Crippen molar-refractivity contribution >= 4 is 41.0 Å². The quantitative estimate of drug-likeness (QED) is 0.412. The predicted molar refractivity (Wildman–Crippen MR) is 134 cm³/mol. The molecule has 0 aliphatic carbocycles. The summed E-state index contributed by atoms with van der Waals surface area (Å²) < 4.78 is 5.36. The van der Waals surface area contributed by atoms with Crippen LogP contribution in [0.5, 0.6) is 5.75 Å². The molecule has 186 valence electrons. The van der Waals surface area contributed by atoms with E-state index in [9.17, 15) is 24.0 Å². The van der Waals surface area contributed by atoms with Crippen LogP contribution < -0.4 is 15.0 Å². The summed E-state index contributed by atoms with van der Waals surface area (Å²) in [5, 5.41) is 2.76. The van der Waals surface area contributed by atoms with Gasteiger partial charge in [-0.2, -0.15) is 0 Å². The van der Waals surface area contributed by atoms with Crippen molar-refractivity contribution in [3.63, 3.8) is 0 Å². The van der Waals surface area contributed by atoms with E-state index in [1.54, 1.807) is 60.7 Å². The average molecular weight is 498 g/mol. The van der Waals surface area contributed by atoms with Crippen LogP contribution >= 0.6 is 0 Å². The Morgan fingerprint density at radius 3 is 2.24 bits per heavy atom. The van der Waals surface area contributed by atoms with Crippen molar-refractivity contribution in [2.75, 3.05) is 30.9 Å². The number of urea groups is 1. The van der Waals surface area contributed by atoms with E-state index in [2.05, 4.69) is 5.32 Å². The highest BCUT2D eigenvalue weighted by molar-refractivity contribution is 6.21. The van der Waals surface area contributed by atoms with Crippen LogP contribution in [0.1, 0.15) is 36.6 Å². The standard InChI is InChI=1S/C27H22N4O6/c1-29-15-23(32)31(27(29)36)18-7-5-6-17(13-18)28-24(33)21-12-16(10-11-22(21)37-2)14-30-25(34)19-8-3-4-9-20(19)26(30)35/h3-13H,14-15H2,1-2H3,(H,28,33). The van der Waals surface area contributed by atoms with E-state index in [0.29, 0.717) is 33.8 Å². The Morgan fingerprint density at radius 2 is 1.62 bits per heavy atom. The summed E-state index contributed by atoms with van der Waals surface area (Å²) >= 11 is 0. The van der Waals surface area contributed by atoms with E-state index < -0.39 is 23.8 Å². The number of hydrogen-bond donors (Lipinski definition) is 1. The van der Waals surface area contributed by atoms with E-state index in [-0.39, 0.29) is 24.6 Å². The van der Waals surface area contributed by atoms with Crippen LogP contribution in [0.4, 0.5) is 16.2 Å². The molecule has 0 spiro atoms. The highest BCUT2D eigenvalue weighted by Crippen LogP contribution is 2.28. The number of fused-ring (bicyclic) bond motifs is 1. The number of rotatable bonds is 6. The summed E-state index contributed by atoms with van der Waals surface area (Å²) in [5.74, 6) is -1.36. The SMILES string of the molecule is COc1ccc(CN2C(=O)c3ccccc3C2=O)cc1C(=O)Nc1cccc(N2C(=O)CN(C)C2=O)c1. The van der Waals surface area contributed by atoms with Gasteiger partial charge in [0.05, 0.1) is 36.0 Å². The molecule has 10 nitrogen and oxygen atoms in total. The maximum Gasteiger partial charge on any atom is 0.331 e. The van der Waals surface area contributed by atoms with Crippen LogP contribution in [0.15, 0.2) is 66.7 Å². The van der Waals surface area contributed by atoms with E-state index in [1.165, 1.54) is 25.1 Å². The van der Waals surface area contributed by atoms with Crippen LogP contribution in [0.25, 0.3) is 0 Å². The number of nitrogens with one attached hydrogen (secondary N) is 1. The zero-order valence-electron chi connectivity index (χ0n) is 20.1. The van der Waals surface area contributed by atoms with Gasteiger partial charge in [-0.3, -0.25) is 24.1 Å². The number of carbonyl (C=O) groups is 5. The number of carbonyl (C=O) groups excluding carboxylic acids is 5. The fraction of sp³-hybridized carbons (Fsp3) is 0.148. The minimum Gasteiger partial charge on any atom is -0.496 e. The van der Waals surface area contributed by atoms with Crippen LogP contribution in [-0.4, -0.2) is 60.2 Å². The molecule has 0 unspecified atom stereocenters. The van der Waals surface area contributed by atoms with E-state index in [0.717, 1.165) is 9.80 Å². The number of likely N-dealkylation sites (N-methyl/N-ethyl adjacent to an activating group) is 1. The maximum atomic E-state index is 13.2. The number of ether oxygens (including phenoxy) is 1. The van der Waals surface area contributed by atoms with Gasteiger partial charge in [0.15, 0.2) is 0 Å². The lowest BCUT2D eigenvalue weighted by atomic mass is 10.1. The molecule has 5 rings (SSSR count). The Hall–Kier alpha value is -4.99. The summed E-state index contributed by atoms with van der Waals surface area (Å²) in [6, 6.07) is 17.4. The highest BCUT2D eigenvalue weighted by atomic mass is 16.5. The summed E-state index contributed by atoms with van der Waals surface area (Å²) in [5.41, 5.74) is 2.15. The fourth-order valence-electron chi connectivity index (χ4n) is 4.39. The second-order valence-corrected chi connectivity index (χ2v) is 8.65. The molecule has 0 radical (unpaired) electrons. The molecular weight excluding hydrogens is 476 g/mol. The van der Waals surface area contributed by atoms with E-state index in [4.69, 9.17) is 4.74 Å². The Kier molecular flexibility index (Phi) is 5.92. The topological polar surface area (TPSA) is 116 Å². The van der Waals surface area contributed by atoms with Gasteiger partial charge in [-0.1, -0.05) is 24.3 Å². The molecule has 2 aliphatic heterocycles. The van der Waals surface area contributed by atoms with Gasteiger partial charge in [0.25, 0.3) is 23.6 Å². The third-order valence-corrected chi connectivity index (χ3v) is 6.23. The Labute approximate surface area is 212 Å². The Morgan fingerprint density at radius 1 is 0.919 bits per heavy atom. The van der Waals surface area contributed by atoms with Gasteiger partial charge in [0.2, 0.25) is 0 Å². The number of anilines is 2. The molecule has 2 heterocycles. The summed E-state index contributed by atoms with van der Waals surface area (Å²) in [4.78, 5) is 66.8. The lowest BCUT2D eigenvalue weighted by molar-refractivity contribution is -0.116. The minimum absolute atomic E-state index is 0.0151. The average Bonchev–Trinajstić information content (AvgIpc) is 3.29. The Balaban J connectivity index is 1.37. The van der Waals surface area contributed by atoms with Crippen LogP contribution in [-0.2, 0) is 11.3 Å². The summed E-state index contributed by atoms with van der Waals surface area (Å²) in [6.45, 7) is -0.0364. The fourth-order valence-corrected chi connectivity index (χ4v) is 4.39. The molecular formula is C27H22N4O6. The number of methoxy groups -OCH3 is 1. The van der Waals surface area contributed by atoms with Gasteiger partial charge in [-0.15, -0.1) is 0 Å². The predicted octanol–water partition coefficient (Wildman–Crippen LogP) is 3.14. The first-order chi connectivity index (χ1) is 17.8. The van der Waals surface area contributed by atoms with Crippen molar-refractivity contribution in [2.24, 2.45) is 0 Å². The molecule has 10 heteroatoms. The number of hydrogen-bond acceptors (Lipinski definition) is 6. The zero-order valence-corrected chi connectivity index (χ0v) is 20.1. The van der Waals surface area contributed by atoms with Gasteiger partial charge < -0.3 is 15.0 Å². The number of imide groups is 2. The molecule has 3 aromatic rings. The number of amides is 6. The molecule has 1 fully saturated rings. The molecule has 3 aromatic carbocycles. The minimum atomic E-state index is -0.505. The second-order valence-electron chi connectivity index (χ2n) is 8.65. The van der Waals surface area contributed by atoms with Crippen LogP contribution in [0, 0.1) is 0 Å². The highest BCUT2D eigenvalue weighted by Gasteiger charge is 2.36. The first kappa shape index (κ1) is 23.7. The third-order valence-electron chi connectivity index (χ3n) is 6.23. The van der Waals surface area contributed by atoms with E-state index in [1.807, 2.05) is 0 Å². The van der Waals surface area contributed by atoms with Crippen LogP contribution in [0.2, 0.25) is 0 Å². The molecule has 1 N–H and O–H groups in total. The lowest BCUT2D eigenvalue weighted by Crippen LogP contribution is -2.31. The number of nitrogens with zero attached hydrogens (tertiary/aromatic N) is 3. The van der Waals surface area contributed by atoms with Crippen molar-refractivity contribution in [2.45, 2.75) is 6.54 Å². The third kappa shape index (κ3) is 4.18. The first-order valence-corrected chi connectivity index (χ1v) is 11.4. The molecule has 37 heavy (non-hydrogen) atoms. The largest absolute Gasteiger partial charge is 0.496 e. The van der Waals surface area contributed by atoms with E-state index >= 15 is 0 Å². The summed E-state index contributed by atoms with van der Waals surface area (Å²) in [6.07, 6.45) is 0. The lowest BCUT2D eigenvalue weighted by Gasteiger charge is -2.17. The van der Waals surface area contributed by atoms with Gasteiger partial charge in [0, 0.05) is 12.7 Å². The molecule has 1 saturated heterocycles. The molecule has 0 saturated carbocycles. The Bertz CT molecular complexity index is 1450. The molecule has 2 aliphatic rings. The van der Waals surface area contributed by atoms with Gasteiger partial charge in [0.1, 0.15) is 12.3 Å². The van der Waals surface area contributed by atoms with Crippen molar-refractivity contribution in [3.8, 4) is 5.75 Å². The van der Waals surface area contributed by atoms with Crippen molar-refractivity contribution in [1.29, 1.82) is 0 Å². The van der Waals surface area contributed by atoms with Crippen LogP contribution in [0.3, 0.4) is 0 Å². The molecule has 0 aromatic heterocycles. The molecule has 0 bridgehead atoms. The summed E-state index contributed by atoms with van der Waals surface area (Å²) in [7, 11) is 2.96. The van der Waals surface area contributed by atoms with Gasteiger partial charge in [-0.05, 0) is 48.0 Å². The smallest absolute Gasteiger partial charge is 0.331 e. The normalized spacial score (nSPS) is 14.9. The van der Waals surface area contributed by atoms with Gasteiger partial charge >= 0.3 is 6.03 Å². The van der Waals surface area contributed by atoms with Crippen molar-refractivity contribution < 1.29 is 28.7 Å². The molecule has 0 atom stereocenters. The first-order valence-electron chi connectivity index (χ1n) is 11.4. The maximum absolute atomic E-state index is 13.2. The van der Waals surface area contributed by atoms with Gasteiger partial charge in [-0.25, -0.2) is 9.69 Å². The second kappa shape index (κ2) is 9.23. The van der Waals surface area contributed by atoms with Crippen molar-refractivity contribution in [1.82, 2.24) is 9.80 Å². The van der Waals surface area contributed by atoms with Crippen molar-refractivity contribution in [3.05, 3.63) is 89.0 Å². The molecule has 6 amide bonds. The zero-order chi connectivity index (χ0) is 26.3. The number of benzene rings is 3.